The quantitative estimate of drug-likeness (QED) is 0.0796. The minimum absolute atomic E-state index is 0.0407. The highest BCUT2D eigenvalue weighted by Crippen LogP contribution is 2.39. The molecule has 0 spiro atoms. The normalized spacial score (nSPS) is 13.1. The SMILES string of the molecule is O=C(O)c1cc2ccccc2c(Cc2c(O)c(C(=O)O)cc3ccccc23)c1O.O=c1ccc2ccc(OCCCCN3CCN(c4cccc5sccc45)CC3)cc2[nH]1. The summed E-state index contributed by atoms with van der Waals surface area (Å²) >= 11 is 1.82. The third-order valence-electron chi connectivity index (χ3n) is 11.1. The summed E-state index contributed by atoms with van der Waals surface area (Å²) in [4.78, 5) is 42.6. The minimum Gasteiger partial charge on any atom is -0.507 e. The van der Waals surface area contributed by atoms with Crippen molar-refractivity contribution >= 4 is 71.5 Å². The summed E-state index contributed by atoms with van der Waals surface area (Å²) < 4.78 is 7.28. The first-order valence-electron chi connectivity index (χ1n) is 19.8. The third-order valence-corrected chi connectivity index (χ3v) is 12.0. The summed E-state index contributed by atoms with van der Waals surface area (Å²) in [6.45, 7) is 6.20. The van der Waals surface area contributed by atoms with Gasteiger partial charge in [-0.1, -0.05) is 54.6 Å². The van der Waals surface area contributed by atoms with Gasteiger partial charge in [0.2, 0.25) is 5.56 Å². The van der Waals surface area contributed by atoms with Crippen LogP contribution >= 0.6 is 11.3 Å². The van der Waals surface area contributed by atoms with E-state index in [9.17, 15) is 34.8 Å². The molecule has 3 heterocycles. The molecule has 1 aliphatic rings. The summed E-state index contributed by atoms with van der Waals surface area (Å²) in [7, 11) is 0. The number of pyridine rings is 1. The maximum atomic E-state index is 11.6. The van der Waals surface area contributed by atoms with E-state index >= 15 is 0 Å². The number of aromatic hydroxyl groups is 2. The van der Waals surface area contributed by atoms with Crippen LogP contribution in [0.1, 0.15) is 44.7 Å². The topological polar surface area (TPSA) is 164 Å². The molecule has 304 valence electrons. The maximum absolute atomic E-state index is 11.6. The highest BCUT2D eigenvalue weighted by molar-refractivity contribution is 7.17. The van der Waals surface area contributed by atoms with E-state index in [0.29, 0.717) is 39.3 Å². The number of carboxylic acid groups (broad SMARTS) is 2. The average Bonchev–Trinajstić information content (AvgIpc) is 3.75. The number of aromatic carboxylic acids is 2. The van der Waals surface area contributed by atoms with Crippen molar-refractivity contribution in [1.82, 2.24) is 9.88 Å². The highest BCUT2D eigenvalue weighted by atomic mass is 32.1. The molecule has 0 aliphatic carbocycles. The zero-order valence-corrected chi connectivity index (χ0v) is 33.5. The number of aromatic amines is 1. The predicted octanol–water partition coefficient (Wildman–Crippen LogP) is 9.12. The van der Waals surface area contributed by atoms with Gasteiger partial charge in [0.05, 0.1) is 12.1 Å². The van der Waals surface area contributed by atoms with E-state index in [4.69, 9.17) is 4.74 Å². The molecule has 1 aliphatic heterocycles. The van der Waals surface area contributed by atoms with E-state index < -0.39 is 23.4 Å². The maximum Gasteiger partial charge on any atom is 0.339 e. The van der Waals surface area contributed by atoms with Crippen LogP contribution in [0, 0.1) is 0 Å². The molecule has 5 N–H and O–H groups in total. The number of unbranched alkanes of at least 4 members (excludes halogenated alkanes) is 1. The fraction of sp³-hybridized carbons (Fsp3) is 0.188. The number of thiophene rings is 1. The number of hydrogen-bond donors (Lipinski definition) is 5. The van der Waals surface area contributed by atoms with Gasteiger partial charge in [0.1, 0.15) is 28.4 Å². The van der Waals surface area contributed by atoms with Crippen LogP contribution in [0.4, 0.5) is 5.69 Å². The van der Waals surface area contributed by atoms with Crippen molar-refractivity contribution in [3.63, 3.8) is 0 Å². The number of piperazine rings is 1. The van der Waals surface area contributed by atoms with Gasteiger partial charge >= 0.3 is 11.9 Å². The van der Waals surface area contributed by atoms with Crippen LogP contribution in [-0.2, 0) is 6.42 Å². The molecule has 0 unspecified atom stereocenters. The summed E-state index contributed by atoms with van der Waals surface area (Å²) in [5.74, 6) is -2.54. The van der Waals surface area contributed by atoms with E-state index in [-0.39, 0.29) is 23.1 Å². The Morgan fingerprint density at radius 3 is 1.95 bits per heavy atom. The number of nitrogens with one attached hydrogen (secondary N) is 1. The summed E-state index contributed by atoms with van der Waals surface area (Å²) in [5, 5.41) is 47.4. The number of hydrogen-bond acceptors (Lipinski definition) is 9. The van der Waals surface area contributed by atoms with E-state index in [1.807, 2.05) is 35.6 Å². The second-order valence-electron chi connectivity index (χ2n) is 14.8. The molecule has 0 bridgehead atoms. The van der Waals surface area contributed by atoms with E-state index in [2.05, 4.69) is 44.4 Å². The Bertz CT molecular complexity index is 2830. The van der Waals surface area contributed by atoms with Gasteiger partial charge in [-0.2, -0.15) is 0 Å². The number of benzene rings is 6. The van der Waals surface area contributed by atoms with Gasteiger partial charge in [0.25, 0.3) is 0 Å². The second-order valence-corrected chi connectivity index (χ2v) is 15.7. The molecule has 60 heavy (non-hydrogen) atoms. The van der Waals surface area contributed by atoms with Crippen molar-refractivity contribution in [3.05, 3.63) is 153 Å². The molecular weight excluding hydrogens is 779 g/mol. The Balaban J connectivity index is 0.000000167. The van der Waals surface area contributed by atoms with Crippen molar-refractivity contribution in [2.24, 2.45) is 0 Å². The van der Waals surface area contributed by atoms with E-state index in [0.717, 1.165) is 62.2 Å². The van der Waals surface area contributed by atoms with Crippen LogP contribution in [0.5, 0.6) is 17.2 Å². The Hall–Kier alpha value is -6.89. The van der Waals surface area contributed by atoms with Crippen LogP contribution in [-0.4, -0.2) is 81.6 Å². The van der Waals surface area contributed by atoms with Crippen LogP contribution in [0.15, 0.2) is 125 Å². The fourth-order valence-electron chi connectivity index (χ4n) is 8.00. The lowest BCUT2D eigenvalue weighted by Gasteiger charge is -2.36. The van der Waals surface area contributed by atoms with E-state index in [1.54, 1.807) is 54.6 Å². The Kier molecular flexibility index (Phi) is 11.7. The molecular formula is C48H43N3O8S. The van der Waals surface area contributed by atoms with Crippen LogP contribution in [0.25, 0.3) is 42.5 Å². The van der Waals surface area contributed by atoms with Crippen LogP contribution in [0.3, 0.4) is 0 Å². The first-order chi connectivity index (χ1) is 29.1. The number of fused-ring (bicyclic) bond motifs is 4. The number of rotatable bonds is 11. The lowest BCUT2D eigenvalue weighted by atomic mass is 9.90. The van der Waals surface area contributed by atoms with Crippen molar-refractivity contribution in [3.8, 4) is 17.2 Å². The smallest absolute Gasteiger partial charge is 0.339 e. The third kappa shape index (κ3) is 8.47. The first-order valence-corrected chi connectivity index (χ1v) is 20.7. The number of aromatic nitrogens is 1. The number of ether oxygens (including phenoxy) is 1. The Morgan fingerprint density at radius 1 is 0.667 bits per heavy atom. The lowest BCUT2D eigenvalue weighted by Crippen LogP contribution is -2.46. The molecule has 0 radical (unpaired) electrons. The first kappa shape index (κ1) is 39.9. The fourth-order valence-corrected chi connectivity index (χ4v) is 8.80. The molecule has 1 fully saturated rings. The molecule has 8 aromatic rings. The van der Waals surface area contributed by atoms with Gasteiger partial charge in [0.15, 0.2) is 0 Å². The van der Waals surface area contributed by atoms with Gasteiger partial charge in [-0.15, -0.1) is 11.3 Å². The summed E-state index contributed by atoms with van der Waals surface area (Å²) in [5.41, 5.74) is 2.22. The summed E-state index contributed by atoms with van der Waals surface area (Å²) in [6.07, 6.45) is 2.11. The van der Waals surface area contributed by atoms with Crippen molar-refractivity contribution in [1.29, 1.82) is 0 Å². The number of carbonyl (C=O) groups is 2. The largest absolute Gasteiger partial charge is 0.507 e. The number of H-pyrrole nitrogens is 1. The predicted molar refractivity (Wildman–Crippen MR) is 238 cm³/mol. The monoisotopic (exact) mass is 821 g/mol. The van der Waals surface area contributed by atoms with Gasteiger partial charge < -0.3 is 35.0 Å². The molecule has 6 aromatic carbocycles. The molecule has 0 amide bonds. The molecule has 0 saturated carbocycles. The Labute approximate surface area is 348 Å². The van der Waals surface area contributed by atoms with Gasteiger partial charge in [-0.25, -0.2) is 9.59 Å². The minimum atomic E-state index is -1.28. The number of nitrogens with zero attached hydrogens (tertiary/aromatic N) is 2. The van der Waals surface area contributed by atoms with Crippen LogP contribution in [0.2, 0.25) is 0 Å². The average molecular weight is 822 g/mol. The molecule has 1 saturated heterocycles. The standard InChI is InChI=1S/C25H27N3O2S.C23H16O6/c29-25-9-7-19-6-8-20(18-22(19)26-25)30-16-2-1-11-27-12-14-28(15-13-27)23-4-3-5-24-21(23)10-17-31-24;24-20-16(14-7-3-1-5-12(14)9-18(20)22(26)27)11-17-15-8-4-2-6-13(15)10-19(21(17)25)23(28)29/h3-10,17-18H,1-2,11-16H2,(H,26,29);1-10,24-25H,11H2,(H,26,27)(H,28,29). The molecule has 9 rings (SSSR count). The van der Waals surface area contributed by atoms with Crippen molar-refractivity contribution in [2.75, 3.05) is 44.2 Å². The van der Waals surface area contributed by atoms with Gasteiger partial charge in [-0.05, 0) is 100 Å². The molecule has 2 aromatic heterocycles. The molecule has 0 atom stereocenters. The number of phenols is 2. The van der Waals surface area contributed by atoms with Gasteiger partial charge in [0, 0.05) is 71.6 Å². The summed E-state index contributed by atoms with van der Waals surface area (Å²) in [6, 6.07) is 34.9. The second kappa shape index (κ2) is 17.5. The molecule has 12 heteroatoms. The molecule has 11 nitrogen and oxygen atoms in total. The zero-order chi connectivity index (χ0) is 41.8. The number of anilines is 1. The number of carboxylic acids is 2. The van der Waals surface area contributed by atoms with Gasteiger partial charge in [-0.3, -0.25) is 9.69 Å². The van der Waals surface area contributed by atoms with Crippen LogP contribution < -0.4 is 15.2 Å². The van der Waals surface area contributed by atoms with E-state index in [1.165, 1.54) is 27.9 Å². The van der Waals surface area contributed by atoms with Crippen molar-refractivity contribution < 1.29 is 34.8 Å². The van der Waals surface area contributed by atoms with Crippen molar-refractivity contribution in [2.45, 2.75) is 19.3 Å². The lowest BCUT2D eigenvalue weighted by molar-refractivity contribution is 0.0682. The highest BCUT2D eigenvalue weighted by Gasteiger charge is 2.23. The zero-order valence-electron chi connectivity index (χ0n) is 32.6. The Morgan fingerprint density at radius 2 is 1.30 bits per heavy atom.